The van der Waals surface area contributed by atoms with Crippen LogP contribution in [0.15, 0.2) is 71.0 Å². The summed E-state index contributed by atoms with van der Waals surface area (Å²) in [7, 11) is -3.60. The molecule has 0 radical (unpaired) electrons. The first-order valence-electron chi connectivity index (χ1n) is 9.98. The second-order valence-corrected chi connectivity index (χ2v) is 10.7. The highest BCUT2D eigenvalue weighted by molar-refractivity contribution is 7.94. The third-order valence-corrected chi connectivity index (χ3v) is 8.83. The number of ether oxygens (including phenoxy) is 1. The highest BCUT2D eigenvalue weighted by atomic mass is 32.2. The molecule has 0 amide bonds. The molecular formula is C24H28O3S. The predicted molar refractivity (Wildman–Crippen MR) is 112 cm³/mol. The quantitative estimate of drug-likeness (QED) is 0.610. The zero-order valence-corrected chi connectivity index (χ0v) is 17.6. The third-order valence-electron chi connectivity index (χ3n) is 7.38. The van der Waals surface area contributed by atoms with Crippen LogP contribution >= 0.6 is 0 Å². The smallest absolute Gasteiger partial charge is 0.203 e. The summed E-state index contributed by atoms with van der Waals surface area (Å²) in [6.07, 6.45) is 3.37. The van der Waals surface area contributed by atoms with Gasteiger partial charge in [-0.25, -0.2) is 8.42 Å². The molecule has 148 valence electrons. The summed E-state index contributed by atoms with van der Waals surface area (Å²) in [6.45, 7) is 6.97. The Hall–Kier alpha value is -2.07. The first kappa shape index (κ1) is 19.3. The molecule has 2 fully saturated rings. The number of rotatable bonds is 5. The average molecular weight is 397 g/mol. The minimum Gasteiger partial charge on any atom is -0.488 e. The predicted octanol–water partition coefficient (Wildman–Crippen LogP) is 5.69. The Bertz CT molecular complexity index is 977. The zero-order chi connectivity index (χ0) is 20.0. The van der Waals surface area contributed by atoms with E-state index in [2.05, 4.69) is 20.8 Å². The third kappa shape index (κ3) is 3.08. The summed E-state index contributed by atoms with van der Waals surface area (Å²) in [4.78, 5) is 0.284. The fraction of sp³-hybridized carbons (Fsp3) is 0.417. The van der Waals surface area contributed by atoms with Gasteiger partial charge in [0, 0.05) is 11.0 Å². The summed E-state index contributed by atoms with van der Waals surface area (Å²) < 4.78 is 32.5. The molecule has 4 rings (SSSR count). The van der Waals surface area contributed by atoms with E-state index >= 15 is 0 Å². The van der Waals surface area contributed by atoms with Gasteiger partial charge in [0.1, 0.15) is 11.9 Å². The Morgan fingerprint density at radius 3 is 2.14 bits per heavy atom. The minimum atomic E-state index is -3.60. The summed E-state index contributed by atoms with van der Waals surface area (Å²) in [6, 6.07) is 18.1. The van der Waals surface area contributed by atoms with E-state index in [0.717, 1.165) is 18.4 Å². The van der Waals surface area contributed by atoms with Gasteiger partial charge in [0.25, 0.3) is 0 Å². The van der Waals surface area contributed by atoms with Gasteiger partial charge in [-0.15, -0.1) is 0 Å². The van der Waals surface area contributed by atoms with Crippen molar-refractivity contribution in [3.05, 3.63) is 71.6 Å². The lowest BCUT2D eigenvalue weighted by Gasteiger charge is -2.39. The summed E-state index contributed by atoms with van der Waals surface area (Å²) in [5.74, 6) is 1.07. The molecule has 3 nitrogen and oxygen atoms in total. The molecule has 0 N–H and O–H groups in total. The molecule has 0 aromatic heterocycles. The summed E-state index contributed by atoms with van der Waals surface area (Å²) in [5.41, 5.74) is 1.06. The molecule has 2 aliphatic carbocycles. The first-order chi connectivity index (χ1) is 13.2. The van der Waals surface area contributed by atoms with Gasteiger partial charge in [0.2, 0.25) is 9.84 Å². The second-order valence-electron chi connectivity index (χ2n) is 8.92. The summed E-state index contributed by atoms with van der Waals surface area (Å²) in [5, 5.41) is 1.31. The highest BCUT2D eigenvalue weighted by Gasteiger charge is 2.62. The van der Waals surface area contributed by atoms with E-state index in [4.69, 9.17) is 4.74 Å². The van der Waals surface area contributed by atoms with Crippen LogP contribution in [0.4, 0.5) is 0 Å². The molecule has 28 heavy (non-hydrogen) atoms. The van der Waals surface area contributed by atoms with Crippen molar-refractivity contribution in [2.45, 2.75) is 51.0 Å². The van der Waals surface area contributed by atoms with Crippen LogP contribution in [0.3, 0.4) is 0 Å². The number of hydrogen-bond acceptors (Lipinski definition) is 3. The average Bonchev–Trinajstić information content (AvgIpc) is 3.02. The van der Waals surface area contributed by atoms with Crippen molar-refractivity contribution >= 4 is 15.6 Å². The van der Waals surface area contributed by atoms with Crippen LogP contribution < -0.4 is 0 Å². The Kier molecular flexibility index (Phi) is 4.65. The van der Waals surface area contributed by atoms with Gasteiger partial charge >= 0.3 is 0 Å². The lowest BCUT2D eigenvalue weighted by atomic mass is 9.70. The molecule has 2 aliphatic rings. The van der Waals surface area contributed by atoms with Gasteiger partial charge in [-0.2, -0.15) is 0 Å². The van der Waals surface area contributed by atoms with E-state index in [1.54, 1.807) is 24.3 Å². The van der Waals surface area contributed by atoms with Gasteiger partial charge in [-0.3, -0.25) is 0 Å². The van der Waals surface area contributed by atoms with Gasteiger partial charge < -0.3 is 4.74 Å². The lowest BCUT2D eigenvalue weighted by molar-refractivity contribution is 0.0125. The van der Waals surface area contributed by atoms with Crippen molar-refractivity contribution in [3.63, 3.8) is 0 Å². The van der Waals surface area contributed by atoms with Crippen molar-refractivity contribution in [1.29, 1.82) is 0 Å². The molecule has 2 bridgehead atoms. The molecule has 2 aromatic rings. The molecule has 0 unspecified atom stereocenters. The van der Waals surface area contributed by atoms with E-state index < -0.39 is 9.84 Å². The van der Waals surface area contributed by atoms with Crippen LogP contribution in [0.1, 0.15) is 45.6 Å². The van der Waals surface area contributed by atoms with E-state index in [1.807, 2.05) is 36.4 Å². The van der Waals surface area contributed by atoms with Crippen LogP contribution in [0.2, 0.25) is 0 Å². The van der Waals surface area contributed by atoms with Crippen molar-refractivity contribution in [1.82, 2.24) is 0 Å². The van der Waals surface area contributed by atoms with Gasteiger partial charge in [-0.1, -0.05) is 69.3 Å². The highest BCUT2D eigenvalue weighted by Crippen LogP contribution is 2.66. The molecule has 4 heteroatoms. The molecule has 2 saturated carbocycles. The van der Waals surface area contributed by atoms with E-state index in [9.17, 15) is 8.42 Å². The molecule has 3 atom stereocenters. The number of hydrogen-bond donors (Lipinski definition) is 0. The minimum absolute atomic E-state index is 0.0266. The molecule has 0 spiro atoms. The largest absolute Gasteiger partial charge is 0.488 e. The first-order valence-corrected chi connectivity index (χ1v) is 11.5. The molecular weight excluding hydrogens is 368 g/mol. The van der Waals surface area contributed by atoms with Crippen molar-refractivity contribution in [2.24, 2.45) is 16.7 Å². The maximum atomic E-state index is 13.0. The van der Waals surface area contributed by atoms with Crippen LogP contribution in [0, 0.1) is 16.7 Å². The normalized spacial score (nSPS) is 29.0. The zero-order valence-electron chi connectivity index (χ0n) is 16.8. The van der Waals surface area contributed by atoms with Crippen LogP contribution in [-0.4, -0.2) is 14.5 Å². The molecule has 0 heterocycles. The Labute approximate surface area is 168 Å². The number of benzene rings is 2. The standard InChI is InChI=1S/C24H28O3S/c1-23(2)19-14-15-24(23,3)22(16-19)27-21(18-10-6-4-7-11-18)17-28(25,26)20-12-8-5-9-13-20/h4-13,17,19,22H,14-16H2,1-3H3/b21-17-/t19-,22+,24+/m0/s1. The number of fused-ring (bicyclic) bond motifs is 2. The maximum Gasteiger partial charge on any atom is 0.203 e. The van der Waals surface area contributed by atoms with Gasteiger partial charge in [0.15, 0.2) is 0 Å². The van der Waals surface area contributed by atoms with E-state index in [0.29, 0.717) is 11.7 Å². The van der Waals surface area contributed by atoms with E-state index in [-0.39, 0.29) is 21.8 Å². The fourth-order valence-corrected chi connectivity index (χ4v) is 6.19. The second kappa shape index (κ2) is 6.77. The van der Waals surface area contributed by atoms with Crippen LogP contribution in [0.5, 0.6) is 0 Å². The van der Waals surface area contributed by atoms with Crippen LogP contribution in [-0.2, 0) is 14.6 Å². The molecule has 0 aliphatic heterocycles. The van der Waals surface area contributed by atoms with Crippen LogP contribution in [0.25, 0.3) is 5.76 Å². The van der Waals surface area contributed by atoms with E-state index in [1.165, 1.54) is 11.8 Å². The Morgan fingerprint density at radius 2 is 1.61 bits per heavy atom. The topological polar surface area (TPSA) is 43.4 Å². The maximum absolute atomic E-state index is 13.0. The molecule has 2 aromatic carbocycles. The lowest BCUT2D eigenvalue weighted by Crippen LogP contribution is -2.36. The fourth-order valence-electron chi connectivity index (χ4n) is 5.05. The number of sulfone groups is 1. The monoisotopic (exact) mass is 396 g/mol. The van der Waals surface area contributed by atoms with Gasteiger partial charge in [-0.05, 0) is 42.7 Å². The summed E-state index contributed by atoms with van der Waals surface area (Å²) >= 11 is 0. The van der Waals surface area contributed by atoms with Crippen molar-refractivity contribution < 1.29 is 13.2 Å². The van der Waals surface area contributed by atoms with Crippen molar-refractivity contribution in [3.8, 4) is 0 Å². The van der Waals surface area contributed by atoms with Gasteiger partial charge in [0.05, 0.1) is 10.3 Å². The van der Waals surface area contributed by atoms with Crippen molar-refractivity contribution in [2.75, 3.05) is 0 Å². The Balaban J connectivity index is 1.73. The molecule has 0 saturated heterocycles. The Morgan fingerprint density at radius 1 is 1.00 bits per heavy atom. The SMILES string of the molecule is CC1(C)[C@H]2CC[C@]1(C)[C@H](O/C(=C\S(=O)(=O)c1ccccc1)c1ccccc1)C2.